The molecule has 1 unspecified atom stereocenters. The Hall–Kier alpha value is -1.11. The van der Waals surface area contributed by atoms with E-state index < -0.39 is 44.8 Å². The number of carbonyl (C=O) groups is 1. The molecule has 0 fully saturated rings. The van der Waals surface area contributed by atoms with Crippen LogP contribution in [0.25, 0.3) is 0 Å². The predicted octanol–water partition coefficient (Wildman–Crippen LogP) is 5.58. The molecule has 0 aliphatic carbocycles. The van der Waals surface area contributed by atoms with Gasteiger partial charge in [0.05, 0.1) is 0 Å². The second-order valence-corrected chi connectivity index (χ2v) is 7.16. The van der Waals surface area contributed by atoms with Gasteiger partial charge in [-0.25, -0.2) is 0 Å². The first-order valence-electron chi connectivity index (χ1n) is 5.98. The van der Waals surface area contributed by atoms with Crippen molar-refractivity contribution in [1.82, 2.24) is 0 Å². The minimum atomic E-state index is -7.05. The Morgan fingerprint density at radius 2 is 1.36 bits per heavy atom. The zero-order valence-electron chi connectivity index (χ0n) is 11.9. The maximum atomic E-state index is 14.1. The number of rotatable bonds is 4. The summed E-state index contributed by atoms with van der Waals surface area (Å²) in [5.41, 5.74) is 0. The molecule has 1 atom stereocenters. The first kappa shape index (κ1) is 21.9. The Bertz CT molecular complexity index is 685. The molecule has 0 spiro atoms. The fourth-order valence-corrected chi connectivity index (χ4v) is 3.23. The highest BCUT2D eigenvalue weighted by Gasteiger charge is 2.83. The second-order valence-electron chi connectivity index (χ2n) is 4.51. The normalized spacial score (nSPS) is 15.3. The quantitative estimate of drug-likeness (QED) is 0.535. The summed E-state index contributed by atoms with van der Waals surface area (Å²) in [5.74, 6) is -15.3. The lowest BCUT2D eigenvalue weighted by Crippen LogP contribution is -2.62. The van der Waals surface area contributed by atoms with Crippen LogP contribution in [0.4, 0.5) is 39.5 Å². The van der Waals surface area contributed by atoms with E-state index in [4.69, 9.17) is 0 Å². The van der Waals surface area contributed by atoms with Gasteiger partial charge in [-0.05, 0) is 24.3 Å². The van der Waals surface area contributed by atoms with Crippen molar-refractivity contribution in [2.45, 2.75) is 35.1 Å². The predicted molar refractivity (Wildman–Crippen MR) is 73.8 cm³/mol. The molecular formula is C12H7BrF9NOS. The van der Waals surface area contributed by atoms with E-state index in [1.165, 1.54) is 0 Å². The number of alkyl halides is 9. The molecule has 0 heterocycles. The number of benzene rings is 1. The zero-order chi connectivity index (χ0) is 19.8. The monoisotopic (exact) mass is 463 g/mol. The second kappa shape index (κ2) is 6.89. The van der Waals surface area contributed by atoms with Crippen LogP contribution in [0, 0.1) is 0 Å². The van der Waals surface area contributed by atoms with Crippen molar-refractivity contribution >= 4 is 32.5 Å². The summed E-state index contributed by atoms with van der Waals surface area (Å²) in [6, 6.07) is 3.58. The molecule has 0 radical (unpaired) electrons. The Morgan fingerprint density at radius 1 is 0.920 bits per heavy atom. The highest BCUT2D eigenvalue weighted by molar-refractivity contribution is 9.10. The van der Waals surface area contributed by atoms with Crippen LogP contribution in [0.15, 0.2) is 38.0 Å². The van der Waals surface area contributed by atoms with Crippen LogP contribution in [0.1, 0.15) is 6.92 Å². The number of amides is 1. The van der Waals surface area contributed by atoms with Gasteiger partial charge in [0.2, 0.25) is 5.91 Å². The van der Waals surface area contributed by atoms with Crippen LogP contribution in [0.3, 0.4) is 0 Å². The van der Waals surface area contributed by atoms with Crippen molar-refractivity contribution in [3.8, 4) is 0 Å². The Kier molecular flexibility index (Phi) is 6.05. The van der Waals surface area contributed by atoms with Gasteiger partial charge in [-0.2, -0.15) is 43.9 Å². The SMILES string of the molecule is CC(=O)N=S(c1ccc(Br)cc1)C(F)(F)C(F)(F)C(F)(F)C(F)(F)F. The third kappa shape index (κ3) is 4.01. The van der Waals surface area contributed by atoms with Gasteiger partial charge in [0.1, 0.15) is 0 Å². The summed E-state index contributed by atoms with van der Waals surface area (Å²) in [4.78, 5) is 10.1. The molecule has 1 aromatic carbocycles. The average Bonchev–Trinajstić information content (AvgIpc) is 2.44. The number of hydrogen-bond acceptors (Lipinski definition) is 1. The lowest BCUT2D eigenvalue weighted by Gasteiger charge is -2.34. The summed E-state index contributed by atoms with van der Waals surface area (Å²) in [5, 5.41) is -5.99. The van der Waals surface area contributed by atoms with Crippen molar-refractivity contribution in [2.24, 2.45) is 4.36 Å². The molecule has 2 nitrogen and oxygen atoms in total. The van der Waals surface area contributed by atoms with E-state index in [0.29, 0.717) is 6.92 Å². The van der Waals surface area contributed by atoms with Gasteiger partial charge in [0.25, 0.3) is 0 Å². The van der Waals surface area contributed by atoms with Crippen molar-refractivity contribution in [3.05, 3.63) is 28.7 Å². The number of carbonyl (C=O) groups excluding carboxylic acids is 1. The molecule has 0 saturated carbocycles. The third-order valence-electron chi connectivity index (χ3n) is 2.62. The molecule has 1 rings (SSSR count). The number of halogens is 10. The molecule has 1 amide bonds. The van der Waals surface area contributed by atoms with Crippen molar-refractivity contribution in [3.63, 3.8) is 0 Å². The summed E-state index contributed by atoms with van der Waals surface area (Å²) in [6.07, 6.45) is -6.94. The van der Waals surface area contributed by atoms with Crippen LogP contribution in [-0.2, 0) is 15.5 Å². The maximum absolute atomic E-state index is 14.1. The van der Waals surface area contributed by atoms with Crippen LogP contribution >= 0.6 is 15.9 Å². The van der Waals surface area contributed by atoms with Crippen molar-refractivity contribution < 1.29 is 44.3 Å². The zero-order valence-corrected chi connectivity index (χ0v) is 14.3. The summed E-state index contributed by atoms with van der Waals surface area (Å²) in [6.45, 7) is 0.564. The molecule has 0 saturated heterocycles. The van der Waals surface area contributed by atoms with E-state index in [0.717, 1.165) is 24.3 Å². The lowest BCUT2D eigenvalue weighted by atomic mass is 10.1. The Labute approximate surface area is 145 Å². The van der Waals surface area contributed by atoms with E-state index in [2.05, 4.69) is 20.3 Å². The average molecular weight is 464 g/mol. The Morgan fingerprint density at radius 3 is 1.72 bits per heavy atom. The largest absolute Gasteiger partial charge is 0.460 e. The molecule has 25 heavy (non-hydrogen) atoms. The van der Waals surface area contributed by atoms with E-state index in [9.17, 15) is 44.3 Å². The standard InChI is InChI=1S/C12H7BrF9NOS/c1-6(24)23-25(8-4-2-7(13)3-5-8)12(21,22)10(16,17)9(14,15)11(18,19)20/h2-5H,1H3. The molecule has 0 aromatic heterocycles. The van der Waals surface area contributed by atoms with Crippen LogP contribution < -0.4 is 0 Å². The first-order valence-corrected chi connectivity index (χ1v) is 7.95. The molecule has 142 valence electrons. The van der Waals surface area contributed by atoms with Gasteiger partial charge in [-0.15, -0.1) is 0 Å². The molecule has 0 aliphatic heterocycles. The fraction of sp³-hybridized carbons (Fsp3) is 0.417. The molecule has 1 aromatic rings. The molecule has 0 aliphatic rings. The maximum Gasteiger partial charge on any atom is 0.460 e. The number of nitrogens with zero attached hydrogens (tertiary/aromatic N) is 1. The summed E-state index contributed by atoms with van der Waals surface area (Å²) in [7, 11) is -3.60. The van der Waals surface area contributed by atoms with Gasteiger partial charge >= 0.3 is 23.3 Å². The first-order chi connectivity index (χ1) is 11.1. The van der Waals surface area contributed by atoms with Crippen LogP contribution in [-0.4, -0.2) is 29.2 Å². The highest BCUT2D eigenvalue weighted by atomic mass is 79.9. The lowest BCUT2D eigenvalue weighted by molar-refractivity contribution is -0.381. The topological polar surface area (TPSA) is 29.4 Å². The van der Waals surface area contributed by atoms with Crippen LogP contribution in [0.2, 0.25) is 0 Å². The van der Waals surface area contributed by atoms with E-state index >= 15 is 0 Å². The molecule has 0 bridgehead atoms. The van der Waals surface area contributed by atoms with Crippen molar-refractivity contribution in [2.75, 3.05) is 0 Å². The number of hydrogen-bond donors (Lipinski definition) is 0. The molecular weight excluding hydrogens is 457 g/mol. The third-order valence-corrected chi connectivity index (χ3v) is 5.04. The smallest absolute Gasteiger partial charge is 0.272 e. The van der Waals surface area contributed by atoms with E-state index in [1.54, 1.807) is 0 Å². The van der Waals surface area contributed by atoms with Gasteiger partial charge in [0.15, 0.2) is 0 Å². The highest BCUT2D eigenvalue weighted by Crippen LogP contribution is 2.55. The Balaban J connectivity index is 3.62. The minimum Gasteiger partial charge on any atom is -0.272 e. The van der Waals surface area contributed by atoms with Crippen molar-refractivity contribution in [1.29, 1.82) is 0 Å². The van der Waals surface area contributed by atoms with E-state index in [-0.39, 0.29) is 4.47 Å². The fourth-order valence-electron chi connectivity index (χ4n) is 1.43. The van der Waals surface area contributed by atoms with Gasteiger partial charge < -0.3 is 0 Å². The van der Waals surface area contributed by atoms with Crippen LogP contribution in [0.5, 0.6) is 0 Å². The molecule has 13 heteroatoms. The minimum absolute atomic E-state index is 0.276. The van der Waals surface area contributed by atoms with Gasteiger partial charge in [0, 0.05) is 27.0 Å². The summed E-state index contributed by atoms with van der Waals surface area (Å²) < 4.78 is 121. The van der Waals surface area contributed by atoms with E-state index in [1.807, 2.05) is 0 Å². The van der Waals surface area contributed by atoms with Gasteiger partial charge in [-0.3, -0.25) is 4.79 Å². The summed E-state index contributed by atoms with van der Waals surface area (Å²) >= 11 is 2.89. The van der Waals surface area contributed by atoms with Gasteiger partial charge in [-0.1, -0.05) is 15.9 Å². The molecule has 0 N–H and O–H groups in total.